The van der Waals surface area contributed by atoms with E-state index in [9.17, 15) is 8.42 Å². The summed E-state index contributed by atoms with van der Waals surface area (Å²) in [5, 5.41) is 3.62. The molecule has 0 fully saturated rings. The first-order valence-electron chi connectivity index (χ1n) is 6.32. The molecule has 2 rings (SSSR count). The van der Waals surface area contributed by atoms with Crippen LogP contribution in [0.25, 0.3) is 0 Å². The molecule has 134 valence electrons. The molecule has 0 spiro atoms. The van der Waals surface area contributed by atoms with E-state index in [1.165, 1.54) is 12.1 Å². The van der Waals surface area contributed by atoms with E-state index in [4.69, 9.17) is 33.0 Å². The van der Waals surface area contributed by atoms with Crippen LogP contribution in [-0.2, 0) is 19.0 Å². The Morgan fingerprint density at radius 2 is 1.84 bits per heavy atom. The standard InChI is InChI=1S/C10H14N10O4S/c11-7(12)17-8(13)16-5-3-1-2-4-6(5)20-10(15)18-9(14)19-23-25(21,22)24-20/h1-4H,(H4,14,15,18,19)(H6,11,12,13,16,17). The molecule has 0 aliphatic carbocycles. The average molecular weight is 370 g/mol. The highest BCUT2D eigenvalue weighted by Gasteiger charge is 2.27. The normalized spacial score (nSPS) is 21.6. The van der Waals surface area contributed by atoms with Crippen molar-refractivity contribution >= 4 is 45.6 Å². The second-order valence-corrected chi connectivity index (χ2v) is 5.38. The SMILES string of the molecule is NC(N)=NC(N)=Nc1ccccc1N1OS(=O)(=O)O/N=C(N)\N=C/1N. The fraction of sp³-hybridized carbons (Fsp3) is 0. The van der Waals surface area contributed by atoms with Crippen molar-refractivity contribution in [1.29, 1.82) is 0 Å². The van der Waals surface area contributed by atoms with Crippen LogP contribution < -0.4 is 33.7 Å². The number of hydroxylamine groups is 1. The molecule has 1 heterocycles. The highest BCUT2D eigenvalue weighted by Crippen LogP contribution is 2.29. The zero-order valence-corrected chi connectivity index (χ0v) is 13.3. The molecule has 10 N–H and O–H groups in total. The van der Waals surface area contributed by atoms with E-state index in [-0.39, 0.29) is 23.3 Å². The molecular formula is C10H14N10O4S. The van der Waals surface area contributed by atoms with Gasteiger partial charge >= 0.3 is 10.4 Å². The molecule has 0 amide bonds. The summed E-state index contributed by atoms with van der Waals surface area (Å²) in [5.74, 6) is -1.62. The van der Waals surface area contributed by atoms with Crippen molar-refractivity contribution in [3.05, 3.63) is 24.3 Å². The Labute approximate surface area is 141 Å². The van der Waals surface area contributed by atoms with Gasteiger partial charge in [-0.15, -0.1) is 4.28 Å². The lowest BCUT2D eigenvalue weighted by atomic mass is 10.2. The highest BCUT2D eigenvalue weighted by atomic mass is 32.3. The van der Waals surface area contributed by atoms with Crippen molar-refractivity contribution in [3.63, 3.8) is 0 Å². The molecule has 0 aromatic heterocycles. The monoisotopic (exact) mass is 370 g/mol. The van der Waals surface area contributed by atoms with Gasteiger partial charge in [0.25, 0.3) is 5.96 Å². The number of benzene rings is 1. The Kier molecular flexibility index (Phi) is 4.89. The molecule has 14 nitrogen and oxygen atoms in total. The lowest BCUT2D eigenvalue weighted by Crippen LogP contribution is -2.42. The van der Waals surface area contributed by atoms with Crippen molar-refractivity contribution in [2.45, 2.75) is 0 Å². The van der Waals surface area contributed by atoms with E-state index >= 15 is 0 Å². The Morgan fingerprint density at radius 1 is 1.16 bits per heavy atom. The lowest BCUT2D eigenvalue weighted by molar-refractivity contribution is 0.224. The number of anilines is 1. The highest BCUT2D eigenvalue weighted by molar-refractivity contribution is 7.81. The van der Waals surface area contributed by atoms with Gasteiger partial charge in [-0.1, -0.05) is 12.1 Å². The van der Waals surface area contributed by atoms with E-state index in [0.29, 0.717) is 5.06 Å². The zero-order valence-electron chi connectivity index (χ0n) is 12.5. The molecule has 0 bridgehead atoms. The van der Waals surface area contributed by atoms with Gasteiger partial charge in [-0.3, -0.25) is 0 Å². The summed E-state index contributed by atoms with van der Waals surface area (Å²) >= 11 is 0. The fourth-order valence-corrected chi connectivity index (χ4v) is 2.12. The van der Waals surface area contributed by atoms with Gasteiger partial charge in [-0.05, 0) is 17.3 Å². The predicted molar refractivity (Wildman–Crippen MR) is 90.3 cm³/mol. The third-order valence-electron chi connectivity index (χ3n) is 2.40. The van der Waals surface area contributed by atoms with E-state index in [2.05, 4.69) is 24.4 Å². The molecule has 1 aliphatic rings. The van der Waals surface area contributed by atoms with Crippen LogP contribution in [0.4, 0.5) is 11.4 Å². The third kappa shape index (κ3) is 4.69. The molecular weight excluding hydrogens is 356 g/mol. The first-order valence-corrected chi connectivity index (χ1v) is 7.65. The van der Waals surface area contributed by atoms with Crippen molar-refractivity contribution in [2.75, 3.05) is 5.06 Å². The number of hydrogen-bond donors (Lipinski definition) is 5. The molecule has 0 unspecified atom stereocenters. The minimum atomic E-state index is -4.62. The van der Waals surface area contributed by atoms with Gasteiger partial charge in [0.05, 0.1) is 5.69 Å². The molecule has 25 heavy (non-hydrogen) atoms. The minimum absolute atomic E-state index is 0.0272. The van der Waals surface area contributed by atoms with Crippen LogP contribution in [0, 0.1) is 0 Å². The van der Waals surface area contributed by atoms with Crippen molar-refractivity contribution in [3.8, 4) is 0 Å². The van der Waals surface area contributed by atoms with Gasteiger partial charge in [0, 0.05) is 0 Å². The van der Waals surface area contributed by atoms with Gasteiger partial charge < -0.3 is 28.7 Å². The quantitative estimate of drug-likeness (QED) is 0.270. The maximum atomic E-state index is 11.7. The number of para-hydroxylation sites is 2. The summed E-state index contributed by atoms with van der Waals surface area (Å²) in [5.41, 5.74) is 27.2. The van der Waals surface area contributed by atoms with Crippen molar-refractivity contribution in [1.82, 2.24) is 0 Å². The van der Waals surface area contributed by atoms with E-state index in [1.54, 1.807) is 12.1 Å². The summed E-state index contributed by atoms with van der Waals surface area (Å²) in [6.45, 7) is 0. The number of oxime groups is 1. The summed E-state index contributed by atoms with van der Waals surface area (Å²) in [6.07, 6.45) is 0. The molecule has 0 radical (unpaired) electrons. The number of hydrogen-bond acceptors (Lipinski definition) is 10. The number of rotatable bonds is 2. The first-order chi connectivity index (χ1) is 11.7. The van der Waals surface area contributed by atoms with Gasteiger partial charge in [0.1, 0.15) is 5.69 Å². The topological polar surface area (TPSA) is 235 Å². The van der Waals surface area contributed by atoms with Crippen LogP contribution in [0.2, 0.25) is 0 Å². The Bertz CT molecular complexity index is 887. The van der Waals surface area contributed by atoms with Crippen LogP contribution in [0.5, 0.6) is 0 Å². The summed E-state index contributed by atoms with van der Waals surface area (Å²) < 4.78 is 32.3. The largest absolute Gasteiger partial charge is 0.491 e. The van der Waals surface area contributed by atoms with E-state index in [1.807, 2.05) is 0 Å². The van der Waals surface area contributed by atoms with Crippen molar-refractivity contribution < 1.29 is 17.0 Å². The van der Waals surface area contributed by atoms with Gasteiger partial charge in [-0.2, -0.15) is 23.5 Å². The van der Waals surface area contributed by atoms with E-state index < -0.39 is 22.3 Å². The van der Waals surface area contributed by atoms with Crippen LogP contribution in [0.1, 0.15) is 0 Å². The van der Waals surface area contributed by atoms with E-state index in [0.717, 1.165) is 0 Å². The van der Waals surface area contributed by atoms with Crippen molar-refractivity contribution in [2.24, 2.45) is 48.8 Å². The molecule has 1 aromatic carbocycles. The van der Waals surface area contributed by atoms with Gasteiger partial charge in [0.15, 0.2) is 5.96 Å². The molecule has 1 aromatic rings. The molecule has 0 saturated carbocycles. The summed E-state index contributed by atoms with van der Waals surface area (Å²) in [4.78, 5) is 11.1. The van der Waals surface area contributed by atoms with Gasteiger partial charge in [0.2, 0.25) is 11.9 Å². The van der Waals surface area contributed by atoms with Crippen LogP contribution in [-0.4, -0.2) is 32.3 Å². The number of guanidine groups is 4. The molecule has 0 saturated heterocycles. The van der Waals surface area contributed by atoms with Crippen LogP contribution in [0.3, 0.4) is 0 Å². The Morgan fingerprint density at radius 3 is 2.52 bits per heavy atom. The number of nitrogens with zero attached hydrogens (tertiary/aromatic N) is 5. The lowest BCUT2D eigenvalue weighted by Gasteiger charge is -2.22. The first kappa shape index (κ1) is 17.8. The summed E-state index contributed by atoms with van der Waals surface area (Å²) in [6, 6.07) is 6.01. The smallest absolute Gasteiger partial charge is 0.370 e. The summed E-state index contributed by atoms with van der Waals surface area (Å²) in [7, 11) is -4.62. The second-order valence-electron chi connectivity index (χ2n) is 4.27. The van der Waals surface area contributed by atoms with Gasteiger partial charge in [-0.25, -0.2) is 9.28 Å². The average Bonchev–Trinajstić information content (AvgIpc) is 2.50. The Balaban J connectivity index is 2.56. The predicted octanol–water partition coefficient (Wildman–Crippen LogP) is -2.54. The maximum Gasteiger partial charge on any atom is 0.491 e. The maximum absolute atomic E-state index is 11.7. The third-order valence-corrected chi connectivity index (χ3v) is 2.99. The molecule has 1 aliphatic heterocycles. The number of nitrogens with two attached hydrogens (primary N) is 5. The number of aliphatic imine (C=N–C) groups is 3. The van der Waals surface area contributed by atoms with Crippen LogP contribution in [0.15, 0.2) is 44.4 Å². The minimum Gasteiger partial charge on any atom is -0.370 e. The molecule has 0 atom stereocenters. The Hall–Kier alpha value is -3.59. The van der Waals surface area contributed by atoms with Crippen LogP contribution >= 0.6 is 0 Å². The molecule has 15 heteroatoms. The zero-order chi connectivity index (χ0) is 18.6. The second kappa shape index (κ2) is 6.89. The fourth-order valence-electron chi connectivity index (χ4n) is 1.58.